The predicted molar refractivity (Wildman–Crippen MR) is 286 cm³/mol. The van der Waals surface area contributed by atoms with E-state index in [1.165, 1.54) is 49.7 Å². The van der Waals surface area contributed by atoms with Gasteiger partial charge in [0.1, 0.15) is 12.7 Å². The van der Waals surface area contributed by atoms with Gasteiger partial charge in [-0.05, 0) is 134 Å². The second kappa shape index (κ2) is 23.9. The number of rotatable bonds is 15. The average Bonchev–Trinajstić information content (AvgIpc) is 3.45. The van der Waals surface area contributed by atoms with Crippen LogP contribution in [-0.4, -0.2) is 90.5 Å². The molecule has 71 heavy (non-hydrogen) atoms. The molecule has 10 rings (SSSR count). The zero-order valence-corrected chi connectivity index (χ0v) is 41.6. The van der Waals surface area contributed by atoms with E-state index in [1.807, 2.05) is 46.2 Å². The Bertz CT molecular complexity index is 2550. The van der Waals surface area contributed by atoms with Crippen molar-refractivity contribution in [3.05, 3.63) is 203 Å². The number of amides is 3. The van der Waals surface area contributed by atoms with E-state index in [0.29, 0.717) is 23.9 Å². The summed E-state index contributed by atoms with van der Waals surface area (Å²) in [5.41, 5.74) is 9.13. The topological polar surface area (TPSA) is 68.4 Å². The number of hydrogen-bond donors (Lipinski definition) is 1. The Morgan fingerprint density at radius 1 is 0.423 bits per heavy atom. The molecule has 0 saturated carbocycles. The first-order valence-electron chi connectivity index (χ1n) is 26.9. The minimum atomic E-state index is -0.378. The van der Waals surface area contributed by atoms with E-state index < -0.39 is 0 Å². The molecule has 6 aromatic rings. The Hall–Kier alpha value is -6.06. The molecule has 0 radical (unpaired) electrons. The van der Waals surface area contributed by atoms with Crippen molar-refractivity contribution in [1.82, 2.24) is 24.9 Å². The van der Waals surface area contributed by atoms with Gasteiger partial charge in [-0.2, -0.15) is 0 Å². The normalized spacial score (nSPS) is 19.4. The standard InChI is InChI=1S/C63H73N5O3/c69-58(65-43-35-54(36-44-65)60(52-21-9-2-10-22-52)66-39-15-5-16-40-66)47-71-62(56-25-13-4-14-26-56)57-33-29-49(30-34-57)48-27-31-51(32-28-48)59(50-19-7-1-8-20-50)64-63(70)68-45-37-55(38-46-68)61(53-23-11-3-12-24-53)67-41-17-6-18-42-67/h1-4,7-14,19-34,54-55,59-62H,5-6,15-18,35-47H2,(H,64,70). The summed E-state index contributed by atoms with van der Waals surface area (Å²) in [6.07, 6.45) is 11.3. The maximum atomic E-state index is 14.1. The molecule has 4 aliphatic rings. The van der Waals surface area contributed by atoms with Crippen molar-refractivity contribution in [2.24, 2.45) is 11.8 Å². The number of hydrogen-bond acceptors (Lipinski definition) is 5. The third-order valence-electron chi connectivity index (χ3n) is 16.1. The Balaban J connectivity index is 0.774. The van der Waals surface area contributed by atoms with E-state index in [9.17, 15) is 9.59 Å². The minimum absolute atomic E-state index is 0.00661. The van der Waals surface area contributed by atoms with Crippen LogP contribution in [0.25, 0.3) is 11.1 Å². The number of ether oxygens (including phenoxy) is 1. The molecule has 4 heterocycles. The summed E-state index contributed by atoms with van der Waals surface area (Å²) in [5.74, 6) is 1.11. The molecule has 8 nitrogen and oxygen atoms in total. The SMILES string of the molecule is O=C(COC(c1ccccc1)c1ccc(-c2ccc(C(NC(=O)N3CCC(C(c4ccccc4)N4CCCCC4)CC3)c3ccccc3)cc2)cc1)N1CCC(C(c2ccccc2)N2CCCCC2)CC1. The second-order valence-corrected chi connectivity index (χ2v) is 20.6. The van der Waals surface area contributed by atoms with Crippen LogP contribution < -0.4 is 5.32 Å². The second-order valence-electron chi connectivity index (χ2n) is 20.6. The number of piperidine rings is 4. The van der Waals surface area contributed by atoms with Crippen LogP contribution in [0.4, 0.5) is 4.79 Å². The first-order chi connectivity index (χ1) is 35.1. The van der Waals surface area contributed by atoms with Gasteiger partial charge in [-0.25, -0.2) is 4.79 Å². The molecule has 4 saturated heterocycles. The van der Waals surface area contributed by atoms with E-state index in [0.717, 1.165) is 111 Å². The summed E-state index contributed by atoms with van der Waals surface area (Å²) in [5, 5.41) is 3.45. The van der Waals surface area contributed by atoms with Crippen molar-refractivity contribution >= 4 is 11.9 Å². The Labute approximate surface area is 423 Å². The van der Waals surface area contributed by atoms with Crippen LogP contribution in [0, 0.1) is 11.8 Å². The number of likely N-dealkylation sites (tertiary alicyclic amines) is 4. The molecule has 0 spiro atoms. The number of carbonyl (C=O) groups excluding carboxylic acids is 2. The van der Waals surface area contributed by atoms with Gasteiger partial charge in [-0.1, -0.05) is 183 Å². The lowest BCUT2D eigenvalue weighted by Gasteiger charge is -2.43. The van der Waals surface area contributed by atoms with Crippen LogP contribution in [-0.2, 0) is 9.53 Å². The summed E-state index contributed by atoms with van der Waals surface area (Å²) >= 11 is 0. The van der Waals surface area contributed by atoms with Crippen LogP contribution in [0.5, 0.6) is 0 Å². The molecule has 4 atom stereocenters. The average molecular weight is 948 g/mol. The number of carbonyl (C=O) groups is 2. The highest BCUT2D eigenvalue weighted by atomic mass is 16.5. The van der Waals surface area contributed by atoms with E-state index in [-0.39, 0.29) is 30.7 Å². The van der Waals surface area contributed by atoms with Crippen molar-refractivity contribution in [1.29, 1.82) is 0 Å². The van der Waals surface area contributed by atoms with Gasteiger partial charge in [0, 0.05) is 38.3 Å². The van der Waals surface area contributed by atoms with Crippen molar-refractivity contribution in [3.63, 3.8) is 0 Å². The molecule has 6 aromatic carbocycles. The summed E-state index contributed by atoms with van der Waals surface area (Å²) in [6.45, 7) is 7.71. The molecule has 4 aliphatic heterocycles. The monoisotopic (exact) mass is 948 g/mol. The van der Waals surface area contributed by atoms with Crippen molar-refractivity contribution in [2.75, 3.05) is 59.0 Å². The third-order valence-corrected chi connectivity index (χ3v) is 16.1. The van der Waals surface area contributed by atoms with E-state index in [4.69, 9.17) is 4.74 Å². The summed E-state index contributed by atoms with van der Waals surface area (Å²) in [7, 11) is 0. The van der Waals surface area contributed by atoms with E-state index in [2.05, 4.69) is 149 Å². The Morgan fingerprint density at radius 2 is 0.789 bits per heavy atom. The molecule has 0 aliphatic carbocycles. The van der Waals surface area contributed by atoms with Crippen LogP contribution >= 0.6 is 0 Å². The number of nitrogens with zero attached hydrogens (tertiary/aromatic N) is 4. The highest BCUT2D eigenvalue weighted by Gasteiger charge is 2.36. The van der Waals surface area contributed by atoms with Gasteiger partial charge in [0.05, 0.1) is 6.04 Å². The Kier molecular flexibility index (Phi) is 16.3. The van der Waals surface area contributed by atoms with E-state index in [1.54, 1.807) is 0 Å². The summed E-state index contributed by atoms with van der Waals surface area (Å²) < 4.78 is 6.59. The fraction of sp³-hybridized carbons (Fsp3) is 0.397. The largest absolute Gasteiger partial charge is 0.359 e. The molecular formula is C63H73N5O3. The lowest BCUT2D eigenvalue weighted by atomic mass is 9.83. The highest BCUT2D eigenvalue weighted by molar-refractivity contribution is 5.77. The molecule has 0 aromatic heterocycles. The zero-order valence-electron chi connectivity index (χ0n) is 41.6. The third kappa shape index (κ3) is 12.0. The molecule has 368 valence electrons. The van der Waals surface area contributed by atoms with Crippen LogP contribution in [0.2, 0.25) is 0 Å². The van der Waals surface area contributed by atoms with Gasteiger partial charge in [-0.3, -0.25) is 14.6 Å². The summed E-state index contributed by atoms with van der Waals surface area (Å²) in [4.78, 5) is 37.5. The number of nitrogens with one attached hydrogen (secondary N) is 1. The molecule has 8 heteroatoms. The minimum Gasteiger partial charge on any atom is -0.359 e. The van der Waals surface area contributed by atoms with Crippen molar-refractivity contribution < 1.29 is 14.3 Å². The Morgan fingerprint density at radius 3 is 1.24 bits per heavy atom. The predicted octanol–water partition coefficient (Wildman–Crippen LogP) is 12.7. The summed E-state index contributed by atoms with van der Waals surface area (Å²) in [6, 6.07) is 60.4. The van der Waals surface area contributed by atoms with Crippen LogP contribution in [0.15, 0.2) is 170 Å². The molecule has 3 amide bonds. The maximum absolute atomic E-state index is 14.1. The zero-order chi connectivity index (χ0) is 48.2. The quantitative estimate of drug-likeness (QED) is 0.111. The fourth-order valence-electron chi connectivity index (χ4n) is 12.3. The molecule has 0 bridgehead atoms. The molecule has 4 fully saturated rings. The molecular weight excluding hydrogens is 875 g/mol. The van der Waals surface area contributed by atoms with Gasteiger partial charge in [0.15, 0.2) is 0 Å². The number of urea groups is 1. The smallest absolute Gasteiger partial charge is 0.318 e. The maximum Gasteiger partial charge on any atom is 0.318 e. The van der Waals surface area contributed by atoms with Gasteiger partial charge in [0.2, 0.25) is 5.91 Å². The van der Waals surface area contributed by atoms with Crippen LogP contribution in [0.3, 0.4) is 0 Å². The van der Waals surface area contributed by atoms with Crippen molar-refractivity contribution in [3.8, 4) is 11.1 Å². The van der Waals surface area contributed by atoms with Gasteiger partial charge < -0.3 is 19.9 Å². The first kappa shape index (κ1) is 48.6. The van der Waals surface area contributed by atoms with Crippen LogP contribution in [0.1, 0.15) is 122 Å². The first-order valence-corrected chi connectivity index (χ1v) is 26.9. The molecule has 1 N–H and O–H groups in total. The van der Waals surface area contributed by atoms with Gasteiger partial charge >= 0.3 is 6.03 Å². The van der Waals surface area contributed by atoms with Gasteiger partial charge in [-0.15, -0.1) is 0 Å². The molecule has 4 unspecified atom stereocenters. The lowest BCUT2D eigenvalue weighted by molar-refractivity contribution is -0.139. The number of benzene rings is 6. The lowest BCUT2D eigenvalue weighted by Crippen LogP contribution is -2.48. The van der Waals surface area contributed by atoms with Crippen molar-refractivity contribution in [2.45, 2.75) is 88.4 Å². The fourth-order valence-corrected chi connectivity index (χ4v) is 12.3. The highest BCUT2D eigenvalue weighted by Crippen LogP contribution is 2.39. The van der Waals surface area contributed by atoms with Gasteiger partial charge in [0.25, 0.3) is 0 Å². The van der Waals surface area contributed by atoms with E-state index >= 15 is 0 Å².